The fourth-order valence-electron chi connectivity index (χ4n) is 6.73. The summed E-state index contributed by atoms with van der Waals surface area (Å²) in [5, 5.41) is 7.65. The van der Waals surface area contributed by atoms with Gasteiger partial charge in [0.1, 0.15) is 18.2 Å². The number of rotatable bonds is 15. The van der Waals surface area contributed by atoms with Gasteiger partial charge in [0, 0.05) is 47.7 Å². The molecule has 57 heavy (non-hydrogen) atoms. The second kappa shape index (κ2) is 16.0. The summed E-state index contributed by atoms with van der Waals surface area (Å²) >= 11 is 6.53. The van der Waals surface area contributed by atoms with E-state index in [9.17, 15) is 57.1 Å². The number of allylic oxidation sites excluding steroid dienone is 2. The first-order valence-electron chi connectivity index (χ1n) is 17.4. The fraction of sp³-hybridized carbons (Fsp3) is 0.417. The molecule has 0 saturated heterocycles. The molecule has 1 saturated carbocycles. The number of halogens is 11. The molecular weight excluding hydrogens is 822 g/mol. The molecule has 2 heterocycles. The highest BCUT2D eigenvalue weighted by Crippen LogP contribution is 2.47. The third-order valence-electron chi connectivity index (χ3n) is 9.38. The van der Waals surface area contributed by atoms with E-state index < -0.39 is 114 Å². The number of amides is 1. The number of carbonyl (C=O) groups excluding carboxylic acids is 1. The van der Waals surface area contributed by atoms with E-state index in [1.165, 1.54) is 31.2 Å². The molecule has 0 radical (unpaired) electrons. The van der Waals surface area contributed by atoms with E-state index in [1.807, 2.05) is 5.32 Å². The number of carbonyl (C=O) groups is 1. The molecule has 1 amide bonds. The molecule has 0 spiro atoms. The van der Waals surface area contributed by atoms with Gasteiger partial charge in [-0.05, 0) is 56.0 Å². The van der Waals surface area contributed by atoms with E-state index in [4.69, 9.17) is 11.6 Å². The van der Waals surface area contributed by atoms with Crippen LogP contribution in [0.25, 0.3) is 22.0 Å². The van der Waals surface area contributed by atoms with Crippen molar-refractivity contribution < 1.29 is 57.1 Å². The second-order valence-electron chi connectivity index (χ2n) is 13.8. The predicted molar refractivity (Wildman–Crippen MR) is 190 cm³/mol. The van der Waals surface area contributed by atoms with Crippen LogP contribution in [-0.4, -0.2) is 65.6 Å². The summed E-state index contributed by atoms with van der Waals surface area (Å²) in [6.45, 7) is -0.661. The number of fused-ring (bicyclic) bond motifs is 1. The number of hydrogen-bond acceptors (Lipinski definition) is 6. The molecule has 9 nitrogen and oxygen atoms in total. The Balaban J connectivity index is 1.45. The molecule has 1 fully saturated rings. The van der Waals surface area contributed by atoms with E-state index in [1.54, 1.807) is 0 Å². The molecule has 0 unspecified atom stereocenters. The molecule has 2 aromatic heterocycles. The molecule has 4 aromatic rings. The van der Waals surface area contributed by atoms with E-state index in [0.717, 1.165) is 16.8 Å². The van der Waals surface area contributed by atoms with Crippen molar-refractivity contribution in [1.29, 1.82) is 0 Å². The zero-order chi connectivity index (χ0) is 41.6. The van der Waals surface area contributed by atoms with Crippen LogP contribution >= 0.6 is 11.6 Å². The third kappa shape index (κ3) is 9.42. The van der Waals surface area contributed by atoms with Gasteiger partial charge in [-0.3, -0.25) is 19.2 Å². The van der Waals surface area contributed by atoms with Crippen LogP contribution in [0.1, 0.15) is 55.1 Å². The van der Waals surface area contributed by atoms with Crippen molar-refractivity contribution >= 4 is 44.3 Å². The van der Waals surface area contributed by atoms with Gasteiger partial charge < -0.3 is 10.6 Å². The van der Waals surface area contributed by atoms with Gasteiger partial charge in [0.15, 0.2) is 5.82 Å². The summed E-state index contributed by atoms with van der Waals surface area (Å²) < 4.78 is 171. The van der Waals surface area contributed by atoms with Crippen LogP contribution in [0.4, 0.5) is 49.7 Å². The molecule has 21 heteroatoms. The normalized spacial score (nSPS) is 17.4. The number of aryl methyl sites for hydroxylation is 1. The number of anilines is 1. The molecule has 3 N–H and O–H groups in total. The lowest BCUT2D eigenvalue weighted by atomic mass is 9.87. The summed E-state index contributed by atoms with van der Waals surface area (Å²) in [5.41, 5.74) is -2.84. The van der Waals surface area contributed by atoms with E-state index >= 15 is 0 Å². The van der Waals surface area contributed by atoms with Crippen molar-refractivity contribution in [2.75, 3.05) is 11.3 Å². The van der Waals surface area contributed by atoms with Gasteiger partial charge in [-0.15, -0.1) is 0 Å². The van der Waals surface area contributed by atoms with Crippen LogP contribution in [0.2, 0.25) is 5.02 Å². The number of aromatic nitrogens is 3. The Morgan fingerprint density at radius 1 is 0.930 bits per heavy atom. The highest BCUT2D eigenvalue weighted by Gasteiger charge is 2.51. The van der Waals surface area contributed by atoms with Crippen LogP contribution in [0.3, 0.4) is 0 Å². The molecule has 308 valence electrons. The summed E-state index contributed by atoms with van der Waals surface area (Å²) in [5.74, 6) is -11.6. The Morgan fingerprint density at radius 3 is 2.21 bits per heavy atom. The average molecular weight is 855 g/mol. The highest BCUT2D eigenvalue weighted by molar-refractivity contribution is 7.93. The van der Waals surface area contributed by atoms with Crippen molar-refractivity contribution in [3.8, 4) is 11.1 Å². The zero-order valence-electron chi connectivity index (χ0n) is 29.6. The van der Waals surface area contributed by atoms with Gasteiger partial charge in [0.2, 0.25) is 22.4 Å². The maximum Gasteiger partial charge on any atom is 0.287 e. The van der Waals surface area contributed by atoms with E-state index in [0.29, 0.717) is 24.6 Å². The average Bonchev–Trinajstić information content (AvgIpc) is 3.90. The number of nitrogens with zero attached hydrogens (tertiary/aromatic N) is 3. The van der Waals surface area contributed by atoms with Crippen LogP contribution < -0.4 is 15.4 Å². The molecule has 0 aliphatic heterocycles. The maximum atomic E-state index is 14.9. The zero-order valence-corrected chi connectivity index (χ0v) is 31.2. The molecule has 1 atom stereocenters. The first kappa shape index (κ1) is 42.0. The molecular formula is C36H33ClF10N6O3S. The fourth-order valence-corrected chi connectivity index (χ4v) is 8.31. The number of sulfonamides is 1. The Kier molecular flexibility index (Phi) is 11.8. The van der Waals surface area contributed by atoms with E-state index in [2.05, 4.69) is 20.1 Å². The minimum atomic E-state index is -4.03. The largest absolute Gasteiger partial charge is 0.374 e. The van der Waals surface area contributed by atoms with Gasteiger partial charge in [0.05, 0.1) is 45.2 Å². The lowest BCUT2D eigenvalue weighted by Gasteiger charge is -2.34. The van der Waals surface area contributed by atoms with Gasteiger partial charge >= 0.3 is 0 Å². The Hall–Kier alpha value is -4.59. The highest BCUT2D eigenvalue weighted by atomic mass is 35.5. The van der Waals surface area contributed by atoms with Crippen LogP contribution in [0, 0.1) is 18.6 Å². The molecule has 6 rings (SSSR count). The number of benzene rings is 2. The Labute approximate surface area is 323 Å². The molecule has 2 aliphatic carbocycles. The smallest absolute Gasteiger partial charge is 0.287 e. The van der Waals surface area contributed by atoms with Gasteiger partial charge in [-0.1, -0.05) is 23.7 Å². The molecule has 0 bridgehead atoms. The van der Waals surface area contributed by atoms with Crippen LogP contribution in [0.5, 0.6) is 0 Å². The number of hydrogen-bond donors (Lipinski definition) is 3. The van der Waals surface area contributed by atoms with Crippen molar-refractivity contribution in [2.24, 2.45) is 0 Å². The lowest BCUT2D eigenvalue weighted by Crippen LogP contribution is -2.45. The molecule has 2 aromatic carbocycles. The predicted octanol–water partition coefficient (Wildman–Crippen LogP) is 8.47. The van der Waals surface area contributed by atoms with Gasteiger partial charge in [-0.2, -0.15) is 13.9 Å². The topological polar surface area (TPSA) is 118 Å². The Bertz CT molecular complexity index is 2320. The van der Waals surface area contributed by atoms with Crippen LogP contribution in [-0.2, 0) is 27.8 Å². The van der Waals surface area contributed by atoms with Gasteiger partial charge in [0.25, 0.3) is 18.3 Å². The summed E-state index contributed by atoms with van der Waals surface area (Å²) in [7, 11) is -3.99. The molecule has 2 aliphatic rings. The number of alkyl halides is 8. The summed E-state index contributed by atoms with van der Waals surface area (Å²) in [6.07, 6.45) is -10.6. The van der Waals surface area contributed by atoms with E-state index in [-0.39, 0.29) is 44.1 Å². The maximum absolute atomic E-state index is 14.9. The van der Waals surface area contributed by atoms with Crippen LogP contribution in [0.15, 0.2) is 53.7 Å². The van der Waals surface area contributed by atoms with Gasteiger partial charge in [-0.25, -0.2) is 43.5 Å². The third-order valence-corrected chi connectivity index (χ3v) is 11.5. The van der Waals surface area contributed by atoms with Crippen molar-refractivity contribution in [2.45, 2.75) is 88.0 Å². The quantitative estimate of drug-likeness (QED) is 0.103. The minimum Gasteiger partial charge on any atom is -0.374 e. The first-order chi connectivity index (χ1) is 26.6. The lowest BCUT2D eigenvalue weighted by molar-refractivity contribution is -0.121. The minimum absolute atomic E-state index is 0.0545. The SMILES string of the molecule is Cc1ccc(-c2ccc(Cl)c3c(NS(=O)(=O)C4CC4)nn(CC(F)F)c23)c([C@H](Cc2cc(F)cc(F)c2)NC(=O)CNC2=C(CC(F)F)C(F)(F)CCC2(F)F)n1. The number of pyridine rings is 1. The summed E-state index contributed by atoms with van der Waals surface area (Å²) in [4.78, 5) is 18.1. The summed E-state index contributed by atoms with van der Waals surface area (Å²) in [6, 6.07) is 6.68. The second-order valence-corrected chi connectivity index (χ2v) is 16.2. The standard InChI is InChI=1S/C36H33ClF10N6O3S/c1-17-2-5-22(23-6-7-25(37)30-32(23)53(16-28(42)43)51-34(30)52-57(55,56)21-3-4-21)31(49-17)26(12-18-10-19(38)13-20(39)11-18)50-29(54)15-48-33-24(14-27(40)41)35(44,45)8-9-36(33,46)47/h2,5-7,10-11,13,21,26-28,48H,3-4,8-9,12,14-16H2,1H3,(H,50,54)(H,51,52)/t26-/m0/s1. The van der Waals surface area contributed by atoms with Crippen molar-refractivity contribution in [3.63, 3.8) is 0 Å². The first-order valence-corrected chi connectivity index (χ1v) is 19.3. The monoisotopic (exact) mass is 854 g/mol. The van der Waals surface area contributed by atoms with Crippen molar-refractivity contribution in [3.05, 3.63) is 87.3 Å². The Morgan fingerprint density at radius 2 is 1.58 bits per heavy atom. The number of nitrogens with one attached hydrogen (secondary N) is 3. The van der Waals surface area contributed by atoms with Crippen molar-refractivity contribution in [1.82, 2.24) is 25.4 Å².